The minimum Gasteiger partial charge on any atom is -0.399 e. The number of anilines is 1. The van der Waals surface area contributed by atoms with E-state index in [4.69, 9.17) is 10.7 Å². The molecule has 3 aromatic heterocycles. The molecule has 3 heterocycles. The van der Waals surface area contributed by atoms with Crippen LogP contribution in [-0.2, 0) is 0 Å². The second-order valence-corrected chi connectivity index (χ2v) is 6.76. The summed E-state index contributed by atoms with van der Waals surface area (Å²) in [7, 11) is 0. The number of benzene rings is 3. The Kier molecular flexibility index (Phi) is 2.69. The monoisotopic (exact) mass is 349 g/mol. The second-order valence-electron chi connectivity index (χ2n) is 6.76. The van der Waals surface area contributed by atoms with Crippen molar-refractivity contribution in [1.82, 2.24) is 19.9 Å². The minimum atomic E-state index is 0.736. The van der Waals surface area contributed by atoms with Gasteiger partial charge in [-0.25, -0.2) is 9.97 Å². The molecule has 0 aliphatic heterocycles. The zero-order chi connectivity index (χ0) is 18.0. The summed E-state index contributed by atoms with van der Waals surface area (Å²) < 4.78 is 0. The van der Waals surface area contributed by atoms with Crippen molar-refractivity contribution in [1.29, 1.82) is 0 Å². The number of nitrogens with zero attached hydrogens (tertiary/aromatic N) is 2. The molecule has 3 aromatic carbocycles. The molecule has 0 saturated heterocycles. The Balaban J connectivity index is 1.78. The number of rotatable bonds is 1. The maximum atomic E-state index is 6.08. The van der Waals surface area contributed by atoms with Crippen molar-refractivity contribution in [2.45, 2.75) is 0 Å². The molecule has 0 aliphatic carbocycles. The normalized spacial score (nSPS) is 11.9. The summed E-state index contributed by atoms with van der Waals surface area (Å²) in [6.07, 6.45) is 3.74. The van der Waals surface area contributed by atoms with Crippen molar-refractivity contribution in [2.24, 2.45) is 0 Å². The van der Waals surface area contributed by atoms with E-state index in [-0.39, 0.29) is 0 Å². The second kappa shape index (κ2) is 5.08. The molecule has 0 spiro atoms. The van der Waals surface area contributed by atoms with E-state index in [1.807, 2.05) is 24.4 Å². The fourth-order valence-corrected chi connectivity index (χ4v) is 3.97. The molecule has 0 fully saturated rings. The van der Waals surface area contributed by atoms with Gasteiger partial charge in [-0.1, -0.05) is 30.3 Å². The minimum absolute atomic E-state index is 0.736. The number of nitrogen functional groups attached to an aromatic ring is 1. The predicted octanol–water partition coefficient (Wildman–Crippen LogP) is 4.99. The summed E-state index contributed by atoms with van der Waals surface area (Å²) in [4.78, 5) is 16.1. The standard InChI is InChI=1S/C22H15N5/c23-12-7-8-14-13-4-1-2-5-15(13)19-20(17(14)10-12)27-22(26-19)18-11-25-21-16(18)6-3-9-24-21/h1-11H,23H2,(H,24,25)(H,26,27). The highest BCUT2D eigenvalue weighted by atomic mass is 14.9. The Morgan fingerprint density at radius 3 is 2.56 bits per heavy atom. The van der Waals surface area contributed by atoms with Crippen LogP contribution in [0.4, 0.5) is 5.69 Å². The molecule has 0 radical (unpaired) electrons. The fraction of sp³-hybridized carbons (Fsp3) is 0. The van der Waals surface area contributed by atoms with Gasteiger partial charge in [-0.3, -0.25) is 0 Å². The molecule has 4 N–H and O–H groups in total. The first kappa shape index (κ1) is 14.3. The Labute approximate surface area is 153 Å². The molecule has 27 heavy (non-hydrogen) atoms. The summed E-state index contributed by atoms with van der Waals surface area (Å²) in [6.45, 7) is 0. The van der Waals surface area contributed by atoms with Crippen molar-refractivity contribution < 1.29 is 0 Å². The summed E-state index contributed by atoms with van der Waals surface area (Å²) in [6, 6.07) is 18.4. The zero-order valence-electron chi connectivity index (χ0n) is 14.3. The molecular weight excluding hydrogens is 334 g/mol. The highest BCUT2D eigenvalue weighted by molar-refractivity contribution is 6.24. The Bertz CT molecular complexity index is 1490. The van der Waals surface area contributed by atoms with Crippen LogP contribution in [0.2, 0.25) is 0 Å². The first-order valence-electron chi connectivity index (χ1n) is 8.82. The lowest BCUT2D eigenvalue weighted by Gasteiger charge is -2.06. The number of imidazole rings is 1. The number of nitrogens with one attached hydrogen (secondary N) is 2. The fourth-order valence-electron chi connectivity index (χ4n) is 3.97. The number of hydrogen-bond acceptors (Lipinski definition) is 3. The van der Waals surface area contributed by atoms with Crippen LogP contribution in [0.1, 0.15) is 0 Å². The smallest absolute Gasteiger partial charge is 0.140 e. The first-order chi connectivity index (χ1) is 13.3. The van der Waals surface area contributed by atoms with Crippen LogP contribution in [-0.4, -0.2) is 19.9 Å². The Morgan fingerprint density at radius 2 is 1.63 bits per heavy atom. The third kappa shape index (κ3) is 1.93. The highest BCUT2D eigenvalue weighted by Crippen LogP contribution is 2.37. The molecule has 5 heteroatoms. The van der Waals surface area contributed by atoms with E-state index in [0.29, 0.717) is 0 Å². The molecule has 128 valence electrons. The number of pyridine rings is 1. The van der Waals surface area contributed by atoms with Crippen LogP contribution in [0.15, 0.2) is 67.0 Å². The molecule has 0 unspecified atom stereocenters. The average Bonchev–Trinajstić information content (AvgIpc) is 3.32. The van der Waals surface area contributed by atoms with Crippen LogP contribution in [0, 0.1) is 0 Å². The third-order valence-corrected chi connectivity index (χ3v) is 5.20. The number of H-pyrrole nitrogens is 2. The van der Waals surface area contributed by atoms with Crippen LogP contribution in [0.5, 0.6) is 0 Å². The SMILES string of the molecule is Nc1ccc2c3ccccc3c3[nH]c(-c4c[nH]c5ncccc45)nc3c2c1. The van der Waals surface area contributed by atoms with Crippen LogP contribution >= 0.6 is 0 Å². The molecule has 5 nitrogen and oxygen atoms in total. The van der Waals surface area contributed by atoms with Crippen molar-refractivity contribution in [2.75, 3.05) is 5.73 Å². The van der Waals surface area contributed by atoms with E-state index < -0.39 is 0 Å². The van der Waals surface area contributed by atoms with E-state index >= 15 is 0 Å². The lowest BCUT2D eigenvalue weighted by Crippen LogP contribution is -1.86. The van der Waals surface area contributed by atoms with Crippen LogP contribution < -0.4 is 5.73 Å². The maximum Gasteiger partial charge on any atom is 0.140 e. The van der Waals surface area contributed by atoms with Gasteiger partial charge in [-0.15, -0.1) is 0 Å². The molecule has 0 saturated carbocycles. The molecule has 0 atom stereocenters. The van der Waals surface area contributed by atoms with Gasteiger partial charge < -0.3 is 15.7 Å². The molecule has 0 amide bonds. The van der Waals surface area contributed by atoms with Gasteiger partial charge in [0.15, 0.2) is 0 Å². The van der Waals surface area contributed by atoms with Crippen molar-refractivity contribution in [3.63, 3.8) is 0 Å². The Hall–Kier alpha value is -3.86. The van der Waals surface area contributed by atoms with Crippen molar-refractivity contribution in [3.05, 3.63) is 67.0 Å². The van der Waals surface area contributed by atoms with Gasteiger partial charge in [-0.05, 0) is 35.0 Å². The van der Waals surface area contributed by atoms with Gasteiger partial charge in [0.2, 0.25) is 0 Å². The molecule has 0 aliphatic rings. The van der Waals surface area contributed by atoms with Gasteiger partial charge in [0.1, 0.15) is 11.5 Å². The zero-order valence-corrected chi connectivity index (χ0v) is 14.3. The predicted molar refractivity (Wildman–Crippen MR) is 111 cm³/mol. The van der Waals surface area contributed by atoms with Crippen molar-refractivity contribution >= 4 is 49.3 Å². The molecular formula is C22H15N5. The number of fused-ring (bicyclic) bond motifs is 7. The van der Waals surface area contributed by atoms with E-state index in [0.717, 1.165) is 55.3 Å². The molecule has 6 rings (SSSR count). The van der Waals surface area contributed by atoms with E-state index in [2.05, 4.69) is 51.4 Å². The number of nitrogens with two attached hydrogens (primary N) is 1. The lowest BCUT2D eigenvalue weighted by atomic mass is 9.99. The third-order valence-electron chi connectivity index (χ3n) is 5.20. The summed E-state index contributed by atoms with van der Waals surface area (Å²) >= 11 is 0. The summed E-state index contributed by atoms with van der Waals surface area (Å²) in [5, 5.41) is 5.61. The first-order valence-corrected chi connectivity index (χ1v) is 8.82. The quantitative estimate of drug-likeness (QED) is 0.289. The lowest BCUT2D eigenvalue weighted by molar-refractivity contribution is 1.32. The van der Waals surface area contributed by atoms with Crippen molar-refractivity contribution in [3.8, 4) is 11.4 Å². The number of aromatic amines is 2. The van der Waals surface area contributed by atoms with Gasteiger partial charge in [0.05, 0.1) is 11.0 Å². The molecule has 0 bridgehead atoms. The van der Waals surface area contributed by atoms with Crippen LogP contribution in [0.3, 0.4) is 0 Å². The van der Waals surface area contributed by atoms with E-state index in [1.165, 1.54) is 5.39 Å². The topological polar surface area (TPSA) is 83.4 Å². The van der Waals surface area contributed by atoms with Gasteiger partial charge in [0.25, 0.3) is 0 Å². The molecule has 6 aromatic rings. The largest absolute Gasteiger partial charge is 0.399 e. The van der Waals surface area contributed by atoms with Crippen LogP contribution in [0.25, 0.3) is 55.0 Å². The van der Waals surface area contributed by atoms with E-state index in [9.17, 15) is 0 Å². The highest BCUT2D eigenvalue weighted by Gasteiger charge is 2.16. The van der Waals surface area contributed by atoms with Gasteiger partial charge in [-0.2, -0.15) is 0 Å². The summed E-state index contributed by atoms with van der Waals surface area (Å²) in [5.41, 5.74) is 10.6. The number of hydrogen-bond donors (Lipinski definition) is 3. The maximum absolute atomic E-state index is 6.08. The van der Waals surface area contributed by atoms with Gasteiger partial charge in [0, 0.05) is 39.8 Å². The Morgan fingerprint density at radius 1 is 0.815 bits per heavy atom. The average molecular weight is 349 g/mol. The summed E-state index contributed by atoms with van der Waals surface area (Å²) in [5.74, 6) is 0.823. The van der Waals surface area contributed by atoms with Gasteiger partial charge >= 0.3 is 0 Å². The number of aromatic nitrogens is 4. The van der Waals surface area contributed by atoms with E-state index in [1.54, 1.807) is 6.20 Å².